The first-order valence-electron chi connectivity index (χ1n) is 5.21. The second-order valence-corrected chi connectivity index (χ2v) is 3.52. The summed E-state index contributed by atoms with van der Waals surface area (Å²) in [6.07, 6.45) is 1.17. The Kier molecular flexibility index (Phi) is 2.82. The van der Waals surface area contributed by atoms with E-state index < -0.39 is 12.0 Å². The summed E-state index contributed by atoms with van der Waals surface area (Å²) in [7, 11) is 0. The maximum absolute atomic E-state index is 11.6. The van der Waals surface area contributed by atoms with Gasteiger partial charge in [0.15, 0.2) is 0 Å². The summed E-state index contributed by atoms with van der Waals surface area (Å²) in [6, 6.07) is 6.64. The molecule has 1 amide bonds. The molecule has 0 saturated carbocycles. The third-order valence-corrected chi connectivity index (χ3v) is 2.44. The van der Waals surface area contributed by atoms with E-state index in [9.17, 15) is 9.59 Å². The topological polar surface area (TPSA) is 74.3 Å². The highest BCUT2D eigenvalue weighted by atomic mass is 16.5. The van der Waals surface area contributed by atoms with Crippen LogP contribution in [0.5, 0.6) is 0 Å². The second kappa shape index (κ2) is 4.29. The van der Waals surface area contributed by atoms with E-state index in [0.717, 1.165) is 5.39 Å². The van der Waals surface area contributed by atoms with Gasteiger partial charge in [-0.05, 0) is 31.2 Å². The first kappa shape index (κ1) is 11.2. The predicted octanol–water partition coefficient (Wildman–Crippen LogP) is 1.74. The average Bonchev–Trinajstić information content (AvgIpc) is 2.71. The normalized spacial score (nSPS) is 10.4. The summed E-state index contributed by atoms with van der Waals surface area (Å²) in [5.74, 6) is -0.490. The van der Waals surface area contributed by atoms with Crippen molar-refractivity contribution in [1.82, 2.24) is 4.57 Å². The molecule has 2 N–H and O–H groups in total. The number of rotatable bonds is 2. The number of primary amides is 1. The molecule has 5 nitrogen and oxygen atoms in total. The lowest BCUT2D eigenvalue weighted by atomic mass is 10.1. The Bertz CT molecular complexity index is 586. The Labute approximate surface area is 97.8 Å². The van der Waals surface area contributed by atoms with Crippen LogP contribution in [0.4, 0.5) is 4.79 Å². The summed E-state index contributed by atoms with van der Waals surface area (Å²) >= 11 is 0. The molecule has 0 unspecified atom stereocenters. The number of amides is 1. The highest BCUT2D eigenvalue weighted by Crippen LogP contribution is 2.17. The van der Waals surface area contributed by atoms with E-state index in [2.05, 4.69) is 0 Å². The fourth-order valence-electron chi connectivity index (χ4n) is 1.65. The van der Waals surface area contributed by atoms with Crippen LogP contribution in [-0.2, 0) is 4.74 Å². The van der Waals surface area contributed by atoms with E-state index in [-0.39, 0.29) is 0 Å². The van der Waals surface area contributed by atoms with Crippen LogP contribution >= 0.6 is 0 Å². The highest BCUT2D eigenvalue weighted by molar-refractivity contribution is 5.98. The molecule has 2 aromatic rings. The van der Waals surface area contributed by atoms with Crippen LogP contribution in [0.25, 0.3) is 10.9 Å². The van der Waals surface area contributed by atoms with Gasteiger partial charge in [0.05, 0.1) is 12.1 Å². The fraction of sp³-hybridized carbons (Fsp3) is 0.167. The lowest BCUT2D eigenvalue weighted by molar-refractivity contribution is 0.100. The number of aromatic nitrogens is 1. The first-order valence-corrected chi connectivity index (χ1v) is 5.21. The molecule has 1 aromatic heterocycles. The van der Waals surface area contributed by atoms with Crippen LogP contribution in [0.1, 0.15) is 17.3 Å². The Morgan fingerprint density at radius 2 is 2.12 bits per heavy atom. The van der Waals surface area contributed by atoms with Gasteiger partial charge in [0.25, 0.3) is 0 Å². The van der Waals surface area contributed by atoms with E-state index in [1.165, 1.54) is 4.57 Å². The van der Waals surface area contributed by atoms with Gasteiger partial charge in [0, 0.05) is 17.1 Å². The molecular formula is C12H12N2O3. The number of carbonyl (C=O) groups excluding carboxylic acids is 2. The molecule has 0 radical (unpaired) electrons. The molecule has 1 aromatic carbocycles. The molecule has 88 valence electrons. The van der Waals surface area contributed by atoms with Crippen molar-refractivity contribution in [2.24, 2.45) is 5.73 Å². The second-order valence-electron chi connectivity index (χ2n) is 3.52. The molecule has 0 aliphatic carbocycles. The van der Waals surface area contributed by atoms with Crippen molar-refractivity contribution in [3.63, 3.8) is 0 Å². The van der Waals surface area contributed by atoms with Crippen LogP contribution in [0.15, 0.2) is 30.5 Å². The number of ether oxygens (including phenoxy) is 1. The minimum absolute atomic E-state index is 0.317. The van der Waals surface area contributed by atoms with Crippen molar-refractivity contribution in [3.05, 3.63) is 36.0 Å². The Balaban J connectivity index is 2.48. The Morgan fingerprint density at radius 3 is 2.76 bits per heavy atom. The lowest BCUT2D eigenvalue weighted by Gasteiger charge is -2.04. The fourth-order valence-corrected chi connectivity index (χ4v) is 1.65. The monoisotopic (exact) mass is 232 g/mol. The number of fused-ring (bicyclic) bond motifs is 1. The van der Waals surface area contributed by atoms with E-state index in [1.807, 2.05) is 0 Å². The van der Waals surface area contributed by atoms with Crippen molar-refractivity contribution in [1.29, 1.82) is 0 Å². The molecule has 0 saturated heterocycles. The summed E-state index contributed by atoms with van der Waals surface area (Å²) < 4.78 is 6.30. The quantitative estimate of drug-likeness (QED) is 0.857. The van der Waals surface area contributed by atoms with Crippen LogP contribution in [0, 0.1) is 0 Å². The largest absolute Gasteiger partial charge is 0.449 e. The number of carbonyl (C=O) groups is 2. The standard InChI is InChI=1S/C12H12N2O3/c1-2-17-12(16)14-6-5-8-7-9(11(13)15)3-4-10(8)14/h3-7H,2H2,1H3,(H2,13,15). The van der Waals surface area contributed by atoms with Crippen molar-refractivity contribution < 1.29 is 14.3 Å². The highest BCUT2D eigenvalue weighted by Gasteiger charge is 2.10. The molecule has 0 bridgehead atoms. The van der Waals surface area contributed by atoms with Gasteiger partial charge in [-0.3, -0.25) is 9.36 Å². The molecule has 0 atom stereocenters. The Hall–Kier alpha value is -2.30. The van der Waals surface area contributed by atoms with Gasteiger partial charge >= 0.3 is 6.09 Å². The van der Waals surface area contributed by atoms with Crippen molar-refractivity contribution in [2.75, 3.05) is 6.61 Å². The summed E-state index contributed by atoms with van der Waals surface area (Å²) in [6.45, 7) is 2.06. The predicted molar refractivity (Wildman–Crippen MR) is 62.9 cm³/mol. The molecule has 5 heteroatoms. The van der Waals surface area contributed by atoms with Gasteiger partial charge < -0.3 is 10.5 Å². The number of nitrogens with zero attached hydrogens (tertiary/aromatic N) is 1. The van der Waals surface area contributed by atoms with Gasteiger partial charge in [0.1, 0.15) is 0 Å². The third-order valence-electron chi connectivity index (χ3n) is 2.44. The lowest BCUT2D eigenvalue weighted by Crippen LogP contribution is -2.13. The number of hydrogen-bond donors (Lipinski definition) is 1. The van der Waals surface area contributed by atoms with Gasteiger partial charge in [0.2, 0.25) is 5.91 Å². The molecule has 0 spiro atoms. The summed E-state index contributed by atoms with van der Waals surface area (Å²) in [4.78, 5) is 22.6. The molecule has 17 heavy (non-hydrogen) atoms. The van der Waals surface area contributed by atoms with Gasteiger partial charge in [-0.1, -0.05) is 0 Å². The van der Waals surface area contributed by atoms with Crippen LogP contribution < -0.4 is 5.73 Å². The van der Waals surface area contributed by atoms with Crippen molar-refractivity contribution in [2.45, 2.75) is 6.92 Å². The minimum atomic E-state index is -0.490. The van der Waals surface area contributed by atoms with E-state index in [0.29, 0.717) is 17.7 Å². The third kappa shape index (κ3) is 1.99. The number of benzene rings is 1. The van der Waals surface area contributed by atoms with Gasteiger partial charge in [-0.25, -0.2) is 4.79 Å². The average molecular weight is 232 g/mol. The zero-order chi connectivity index (χ0) is 12.4. The van der Waals surface area contributed by atoms with Crippen molar-refractivity contribution >= 4 is 22.9 Å². The van der Waals surface area contributed by atoms with Gasteiger partial charge in [-0.15, -0.1) is 0 Å². The van der Waals surface area contributed by atoms with Crippen LogP contribution in [0.3, 0.4) is 0 Å². The number of hydrogen-bond acceptors (Lipinski definition) is 3. The maximum Gasteiger partial charge on any atom is 0.418 e. The SMILES string of the molecule is CCOC(=O)n1ccc2cc(C(N)=O)ccc21. The molecule has 1 heterocycles. The van der Waals surface area contributed by atoms with Crippen LogP contribution in [0.2, 0.25) is 0 Å². The van der Waals surface area contributed by atoms with Crippen LogP contribution in [-0.4, -0.2) is 23.2 Å². The first-order chi connectivity index (χ1) is 8.13. The molecular weight excluding hydrogens is 220 g/mol. The molecule has 0 aliphatic heterocycles. The smallest absolute Gasteiger partial charge is 0.418 e. The van der Waals surface area contributed by atoms with E-state index in [4.69, 9.17) is 10.5 Å². The number of nitrogens with two attached hydrogens (primary N) is 1. The summed E-state index contributed by atoms with van der Waals surface area (Å²) in [5.41, 5.74) is 6.29. The van der Waals surface area contributed by atoms with E-state index in [1.54, 1.807) is 37.4 Å². The molecule has 0 aliphatic rings. The maximum atomic E-state index is 11.6. The zero-order valence-corrected chi connectivity index (χ0v) is 9.34. The molecule has 2 rings (SSSR count). The summed E-state index contributed by atoms with van der Waals surface area (Å²) in [5, 5.41) is 0.773. The van der Waals surface area contributed by atoms with Gasteiger partial charge in [-0.2, -0.15) is 0 Å². The zero-order valence-electron chi connectivity index (χ0n) is 9.34. The van der Waals surface area contributed by atoms with Crippen molar-refractivity contribution in [3.8, 4) is 0 Å². The molecule has 0 fully saturated rings. The Morgan fingerprint density at radius 1 is 1.35 bits per heavy atom. The van der Waals surface area contributed by atoms with E-state index >= 15 is 0 Å². The minimum Gasteiger partial charge on any atom is -0.449 e.